The summed E-state index contributed by atoms with van der Waals surface area (Å²) in [5.41, 5.74) is -1.54. The first-order valence-electron chi connectivity index (χ1n) is 5.60. The summed E-state index contributed by atoms with van der Waals surface area (Å²) >= 11 is 0. The molecule has 102 valence electrons. The fraction of sp³-hybridized carbons (Fsp3) is 0.727. The van der Waals surface area contributed by atoms with Crippen LogP contribution in [0.25, 0.3) is 0 Å². The van der Waals surface area contributed by atoms with Gasteiger partial charge in [-0.1, -0.05) is 0 Å². The van der Waals surface area contributed by atoms with Gasteiger partial charge in [-0.15, -0.1) is 0 Å². The Bertz CT molecular complexity index is 353. The van der Waals surface area contributed by atoms with Crippen molar-refractivity contribution in [1.82, 2.24) is 0 Å². The second-order valence-corrected chi connectivity index (χ2v) is 4.42. The van der Waals surface area contributed by atoms with Crippen molar-refractivity contribution in [2.24, 2.45) is 0 Å². The average molecular weight is 259 g/mol. The van der Waals surface area contributed by atoms with Crippen molar-refractivity contribution in [1.29, 1.82) is 0 Å². The van der Waals surface area contributed by atoms with Crippen LogP contribution in [0.1, 0.15) is 20.8 Å². The zero-order chi connectivity index (χ0) is 13.8. The lowest BCUT2D eigenvalue weighted by molar-refractivity contribution is -0.580. The molecule has 0 aromatic heterocycles. The molecule has 7 heteroatoms. The Hall–Kier alpha value is -1.47. The Balaban J connectivity index is 2.78. The van der Waals surface area contributed by atoms with Gasteiger partial charge in [0.25, 0.3) is 5.54 Å². The molecule has 0 aromatic carbocycles. The number of carbonyl (C=O) groups excluding carboxylic acids is 1. The van der Waals surface area contributed by atoms with E-state index in [0.29, 0.717) is 0 Å². The molecule has 0 amide bonds. The van der Waals surface area contributed by atoms with E-state index in [4.69, 9.17) is 9.47 Å². The monoisotopic (exact) mass is 259 g/mol. The summed E-state index contributed by atoms with van der Waals surface area (Å²) in [4.78, 5) is 21.7. The van der Waals surface area contributed by atoms with Gasteiger partial charge in [0, 0.05) is 17.1 Å². The molecular weight excluding hydrogens is 242 g/mol. The molecule has 0 bridgehead atoms. The topological polar surface area (TPSA) is 87.9 Å². The van der Waals surface area contributed by atoms with E-state index >= 15 is 0 Å². The summed E-state index contributed by atoms with van der Waals surface area (Å²) in [5, 5.41) is 11.1. The summed E-state index contributed by atoms with van der Waals surface area (Å²) in [5.74, 6) is -1.47. The van der Waals surface area contributed by atoms with Gasteiger partial charge in [0.15, 0.2) is 5.79 Å². The van der Waals surface area contributed by atoms with Crippen LogP contribution in [-0.2, 0) is 19.0 Å². The third kappa shape index (κ3) is 3.51. The highest BCUT2D eigenvalue weighted by Crippen LogP contribution is 2.26. The lowest BCUT2D eigenvalue weighted by atomic mass is 10.0. The molecule has 0 radical (unpaired) electrons. The van der Waals surface area contributed by atoms with Crippen LogP contribution in [0.4, 0.5) is 0 Å². The number of esters is 1. The summed E-state index contributed by atoms with van der Waals surface area (Å²) in [7, 11) is 0. The molecule has 1 saturated heterocycles. The van der Waals surface area contributed by atoms with Gasteiger partial charge in [-0.05, 0) is 20.8 Å². The van der Waals surface area contributed by atoms with Crippen LogP contribution in [0.3, 0.4) is 0 Å². The second-order valence-electron chi connectivity index (χ2n) is 4.42. The van der Waals surface area contributed by atoms with Crippen LogP contribution in [0.15, 0.2) is 12.2 Å². The third-order valence-electron chi connectivity index (χ3n) is 2.52. The van der Waals surface area contributed by atoms with E-state index < -0.39 is 22.2 Å². The second kappa shape index (κ2) is 5.45. The maximum absolute atomic E-state index is 11.2. The van der Waals surface area contributed by atoms with E-state index in [1.807, 2.05) is 0 Å². The molecule has 18 heavy (non-hydrogen) atoms. The highest BCUT2D eigenvalue weighted by molar-refractivity contribution is 5.82. The van der Waals surface area contributed by atoms with Crippen molar-refractivity contribution in [3.8, 4) is 0 Å². The molecule has 1 heterocycles. The highest BCUT2D eigenvalue weighted by atomic mass is 16.7. The van der Waals surface area contributed by atoms with Gasteiger partial charge in [-0.3, -0.25) is 10.1 Å². The van der Waals surface area contributed by atoms with E-state index in [2.05, 4.69) is 4.74 Å². The molecule has 0 saturated carbocycles. The van der Waals surface area contributed by atoms with Crippen molar-refractivity contribution in [2.75, 3.05) is 19.8 Å². The molecule has 0 aromatic rings. The van der Waals surface area contributed by atoms with Crippen molar-refractivity contribution in [3.63, 3.8) is 0 Å². The van der Waals surface area contributed by atoms with Gasteiger partial charge >= 0.3 is 5.97 Å². The predicted octanol–water partition coefficient (Wildman–Crippen LogP) is 0.904. The fourth-order valence-electron chi connectivity index (χ4n) is 1.36. The van der Waals surface area contributed by atoms with Gasteiger partial charge in [-0.25, -0.2) is 4.79 Å². The van der Waals surface area contributed by atoms with E-state index in [9.17, 15) is 14.9 Å². The standard InChI is InChI=1S/C11H17NO6/c1-4-16-9(13)5-6-11(12(14)15)7-17-10(2,3)18-8-11/h5-6H,4,7-8H2,1-3H3/b6-5+. The number of nitro groups is 1. The van der Waals surface area contributed by atoms with Crippen LogP contribution in [0.5, 0.6) is 0 Å². The first-order valence-corrected chi connectivity index (χ1v) is 5.60. The number of rotatable bonds is 4. The zero-order valence-corrected chi connectivity index (χ0v) is 10.7. The molecule has 0 atom stereocenters. The number of nitrogens with zero attached hydrogens (tertiary/aromatic N) is 1. The average Bonchev–Trinajstić information content (AvgIpc) is 2.28. The van der Waals surface area contributed by atoms with E-state index in [0.717, 1.165) is 6.08 Å². The van der Waals surface area contributed by atoms with Crippen LogP contribution in [0.2, 0.25) is 0 Å². The van der Waals surface area contributed by atoms with Crippen molar-refractivity contribution >= 4 is 5.97 Å². The molecule has 0 N–H and O–H groups in total. The van der Waals surface area contributed by atoms with E-state index in [1.165, 1.54) is 6.08 Å². The normalized spacial score (nSPS) is 21.7. The SMILES string of the molecule is CCOC(=O)/C=C/C1([N+](=O)[O-])COC(C)(C)OC1. The summed E-state index contributed by atoms with van der Waals surface area (Å²) in [6.07, 6.45) is 2.21. The van der Waals surface area contributed by atoms with Crippen LogP contribution in [0, 0.1) is 10.1 Å². The molecule has 0 spiro atoms. The number of hydrogen-bond donors (Lipinski definition) is 0. The van der Waals surface area contributed by atoms with Crippen molar-refractivity contribution in [3.05, 3.63) is 22.3 Å². The molecule has 0 unspecified atom stereocenters. The molecule has 1 aliphatic rings. The summed E-state index contributed by atoms with van der Waals surface area (Å²) in [6, 6.07) is 0. The van der Waals surface area contributed by atoms with Gasteiger partial charge in [0.2, 0.25) is 0 Å². The molecule has 1 rings (SSSR count). The summed E-state index contributed by atoms with van der Waals surface area (Å²) in [6.45, 7) is 4.92. The maximum atomic E-state index is 11.2. The Morgan fingerprint density at radius 1 is 1.44 bits per heavy atom. The van der Waals surface area contributed by atoms with Gasteiger partial charge < -0.3 is 14.2 Å². The first-order chi connectivity index (χ1) is 8.31. The molecular formula is C11H17NO6. The lowest BCUT2D eigenvalue weighted by Crippen LogP contribution is -2.54. The minimum atomic E-state index is -1.54. The summed E-state index contributed by atoms with van der Waals surface area (Å²) < 4.78 is 15.2. The zero-order valence-electron chi connectivity index (χ0n) is 10.7. The quantitative estimate of drug-likeness (QED) is 0.322. The van der Waals surface area contributed by atoms with Crippen molar-refractivity contribution < 1.29 is 23.9 Å². The molecule has 1 fully saturated rings. The Morgan fingerprint density at radius 2 is 2.00 bits per heavy atom. The van der Waals surface area contributed by atoms with E-state index in [1.54, 1.807) is 20.8 Å². The van der Waals surface area contributed by atoms with Gasteiger partial charge in [0.05, 0.1) is 6.61 Å². The molecule has 0 aliphatic carbocycles. The largest absolute Gasteiger partial charge is 0.463 e. The van der Waals surface area contributed by atoms with Gasteiger partial charge in [0.1, 0.15) is 13.2 Å². The smallest absolute Gasteiger partial charge is 0.330 e. The van der Waals surface area contributed by atoms with Crippen LogP contribution < -0.4 is 0 Å². The van der Waals surface area contributed by atoms with Gasteiger partial charge in [-0.2, -0.15) is 0 Å². The number of hydrogen-bond acceptors (Lipinski definition) is 6. The minimum Gasteiger partial charge on any atom is -0.463 e. The van der Waals surface area contributed by atoms with E-state index in [-0.39, 0.29) is 19.8 Å². The molecule has 1 aliphatic heterocycles. The third-order valence-corrected chi connectivity index (χ3v) is 2.52. The van der Waals surface area contributed by atoms with Crippen LogP contribution >= 0.6 is 0 Å². The van der Waals surface area contributed by atoms with Crippen molar-refractivity contribution in [2.45, 2.75) is 32.1 Å². The number of ether oxygens (including phenoxy) is 3. The Morgan fingerprint density at radius 3 is 2.44 bits per heavy atom. The maximum Gasteiger partial charge on any atom is 0.330 e. The highest BCUT2D eigenvalue weighted by Gasteiger charge is 2.48. The number of carbonyl (C=O) groups is 1. The lowest BCUT2D eigenvalue weighted by Gasteiger charge is -2.36. The predicted molar refractivity (Wildman–Crippen MR) is 61.5 cm³/mol. The Kier molecular flexibility index (Phi) is 4.42. The minimum absolute atomic E-state index is 0.150. The fourth-order valence-corrected chi connectivity index (χ4v) is 1.36. The Labute approximate surface area is 105 Å². The molecule has 7 nitrogen and oxygen atoms in total. The van der Waals surface area contributed by atoms with Crippen LogP contribution in [-0.4, -0.2) is 42.0 Å². The first kappa shape index (κ1) is 14.6.